The number of guanidine groups is 1. The van der Waals surface area contributed by atoms with Crippen LogP contribution in [0.4, 0.5) is 0 Å². The molecule has 2 aromatic rings. The van der Waals surface area contributed by atoms with Crippen LogP contribution >= 0.6 is 15.9 Å². The minimum absolute atomic E-state index is 0.0367. The van der Waals surface area contributed by atoms with Crippen molar-refractivity contribution in [3.8, 4) is 0 Å². The topological polar surface area (TPSA) is 66.0 Å². The predicted octanol–water partition coefficient (Wildman–Crippen LogP) is 2.09. The Bertz CT molecular complexity index is 737. The second kappa shape index (κ2) is 9.47. The van der Waals surface area contributed by atoms with Crippen LogP contribution in [0.25, 0.3) is 0 Å². The van der Waals surface area contributed by atoms with Crippen molar-refractivity contribution in [2.24, 2.45) is 12.0 Å². The highest BCUT2D eigenvalue weighted by molar-refractivity contribution is 9.10. The highest BCUT2D eigenvalue weighted by Gasteiger charge is 2.12. The Kier molecular flexibility index (Phi) is 7.32. The summed E-state index contributed by atoms with van der Waals surface area (Å²) in [6.07, 6.45) is 4.43. The highest BCUT2D eigenvalue weighted by atomic mass is 79.9. The van der Waals surface area contributed by atoms with E-state index in [2.05, 4.69) is 36.9 Å². The van der Waals surface area contributed by atoms with Crippen LogP contribution in [0.2, 0.25) is 0 Å². The number of halogens is 1. The molecule has 0 saturated heterocycles. The first kappa shape index (κ1) is 20.1. The van der Waals surface area contributed by atoms with Gasteiger partial charge >= 0.3 is 0 Å². The molecule has 0 fully saturated rings. The molecule has 2 aromatic heterocycles. The van der Waals surface area contributed by atoms with E-state index in [0.29, 0.717) is 19.0 Å². The lowest BCUT2D eigenvalue weighted by Gasteiger charge is -2.23. The van der Waals surface area contributed by atoms with Gasteiger partial charge in [0.25, 0.3) is 0 Å². The van der Waals surface area contributed by atoms with Gasteiger partial charge in [0.1, 0.15) is 12.3 Å². The number of carbonyl (C=O) groups excluding carboxylic acids is 1. The Morgan fingerprint density at radius 1 is 1.38 bits per heavy atom. The molecule has 2 rings (SSSR count). The van der Waals surface area contributed by atoms with E-state index in [1.165, 1.54) is 4.90 Å². The molecule has 0 aromatic carbocycles. The highest BCUT2D eigenvalue weighted by Crippen LogP contribution is 2.15. The van der Waals surface area contributed by atoms with Gasteiger partial charge in [0.2, 0.25) is 5.91 Å². The van der Waals surface area contributed by atoms with Crippen LogP contribution < -0.4 is 5.32 Å². The minimum Gasteiger partial charge on any atom is -0.469 e. The van der Waals surface area contributed by atoms with Gasteiger partial charge in [-0.15, -0.1) is 0 Å². The first-order valence-corrected chi connectivity index (χ1v) is 9.19. The summed E-state index contributed by atoms with van der Waals surface area (Å²) in [5.74, 6) is 1.56. The predicted molar refractivity (Wildman–Crippen MR) is 106 cm³/mol. The summed E-state index contributed by atoms with van der Waals surface area (Å²) in [6, 6.07) is 5.89. The van der Waals surface area contributed by atoms with Crippen LogP contribution in [0.5, 0.6) is 0 Å². The van der Waals surface area contributed by atoms with Crippen molar-refractivity contribution in [1.82, 2.24) is 19.7 Å². The number of aryl methyl sites for hydroxylation is 1. The van der Waals surface area contributed by atoms with Gasteiger partial charge in [0, 0.05) is 57.5 Å². The monoisotopic (exact) mass is 423 g/mol. The third-order valence-electron chi connectivity index (χ3n) is 3.93. The van der Waals surface area contributed by atoms with Crippen LogP contribution in [0.3, 0.4) is 0 Å². The fraction of sp³-hybridized carbons (Fsp3) is 0.444. The SMILES string of the molecule is CN(C)C(=O)CN=C(NCCc1ccco1)N(C)Cc1cc(Br)cn1C. The quantitative estimate of drug-likeness (QED) is 0.546. The molecule has 0 unspecified atom stereocenters. The molecular formula is C18H26BrN5O2. The molecule has 0 aliphatic heterocycles. The molecule has 0 bridgehead atoms. The van der Waals surface area contributed by atoms with E-state index in [-0.39, 0.29) is 12.5 Å². The Morgan fingerprint density at radius 3 is 2.73 bits per heavy atom. The van der Waals surface area contributed by atoms with Gasteiger partial charge in [-0.1, -0.05) is 0 Å². The second-order valence-electron chi connectivity index (χ2n) is 6.30. The van der Waals surface area contributed by atoms with Gasteiger partial charge in [-0.25, -0.2) is 4.99 Å². The molecule has 0 saturated carbocycles. The van der Waals surface area contributed by atoms with Gasteiger partial charge in [-0.2, -0.15) is 0 Å². The summed E-state index contributed by atoms with van der Waals surface area (Å²) < 4.78 is 8.46. The number of aromatic nitrogens is 1. The smallest absolute Gasteiger partial charge is 0.243 e. The van der Waals surface area contributed by atoms with E-state index < -0.39 is 0 Å². The largest absolute Gasteiger partial charge is 0.469 e. The summed E-state index contributed by atoms with van der Waals surface area (Å²) >= 11 is 3.49. The first-order valence-electron chi connectivity index (χ1n) is 8.39. The maximum Gasteiger partial charge on any atom is 0.243 e. The van der Waals surface area contributed by atoms with E-state index in [0.717, 1.165) is 22.3 Å². The molecular weight excluding hydrogens is 398 g/mol. The molecule has 26 heavy (non-hydrogen) atoms. The van der Waals surface area contributed by atoms with Gasteiger partial charge in [0.15, 0.2) is 5.96 Å². The molecule has 0 aliphatic carbocycles. The molecule has 0 aliphatic rings. The number of aliphatic imine (C=N–C) groups is 1. The first-order chi connectivity index (χ1) is 12.4. The standard InChI is InChI=1S/C18H26BrN5O2/c1-22(2)17(25)11-21-18(20-8-7-16-6-5-9-26-16)24(4)13-15-10-14(19)12-23(15)3/h5-6,9-10,12H,7-8,11,13H2,1-4H3,(H,20,21). The van der Waals surface area contributed by atoms with Crippen molar-refractivity contribution in [2.45, 2.75) is 13.0 Å². The fourth-order valence-electron chi connectivity index (χ4n) is 2.39. The third-order valence-corrected chi connectivity index (χ3v) is 4.37. The van der Waals surface area contributed by atoms with Crippen molar-refractivity contribution in [1.29, 1.82) is 0 Å². The van der Waals surface area contributed by atoms with Gasteiger partial charge in [-0.05, 0) is 34.1 Å². The summed E-state index contributed by atoms with van der Waals surface area (Å²) in [7, 11) is 7.42. The Labute approximate surface area is 162 Å². The molecule has 0 radical (unpaired) electrons. The lowest BCUT2D eigenvalue weighted by Crippen LogP contribution is -2.40. The molecule has 2 heterocycles. The Morgan fingerprint density at radius 2 is 2.15 bits per heavy atom. The zero-order chi connectivity index (χ0) is 19.1. The minimum atomic E-state index is -0.0367. The van der Waals surface area contributed by atoms with Crippen molar-refractivity contribution in [2.75, 3.05) is 34.2 Å². The number of rotatable bonds is 7. The molecule has 0 spiro atoms. The maximum atomic E-state index is 11.9. The normalized spacial score (nSPS) is 11.5. The zero-order valence-electron chi connectivity index (χ0n) is 15.7. The Hall–Kier alpha value is -2.22. The van der Waals surface area contributed by atoms with E-state index in [1.807, 2.05) is 37.3 Å². The maximum absolute atomic E-state index is 11.9. The zero-order valence-corrected chi connectivity index (χ0v) is 17.3. The molecule has 1 N–H and O–H groups in total. The van der Waals surface area contributed by atoms with Crippen molar-refractivity contribution < 1.29 is 9.21 Å². The van der Waals surface area contributed by atoms with Crippen LogP contribution in [-0.4, -0.2) is 60.5 Å². The fourth-order valence-corrected chi connectivity index (χ4v) is 2.96. The summed E-state index contributed by atoms with van der Waals surface area (Å²) in [6.45, 7) is 1.45. The van der Waals surface area contributed by atoms with Crippen LogP contribution in [0, 0.1) is 0 Å². The number of nitrogens with zero attached hydrogens (tertiary/aromatic N) is 4. The molecule has 0 atom stereocenters. The number of carbonyl (C=O) groups is 1. The average molecular weight is 424 g/mol. The number of amides is 1. The molecule has 142 valence electrons. The average Bonchev–Trinajstić information content (AvgIpc) is 3.20. The van der Waals surface area contributed by atoms with E-state index >= 15 is 0 Å². The number of nitrogens with one attached hydrogen (secondary N) is 1. The number of likely N-dealkylation sites (N-methyl/N-ethyl adjacent to an activating group) is 1. The second-order valence-corrected chi connectivity index (χ2v) is 7.22. The van der Waals surface area contributed by atoms with Gasteiger partial charge in [-0.3, -0.25) is 4.79 Å². The van der Waals surface area contributed by atoms with Crippen molar-refractivity contribution in [3.63, 3.8) is 0 Å². The number of hydrogen-bond acceptors (Lipinski definition) is 3. The summed E-state index contributed by atoms with van der Waals surface area (Å²) in [5.41, 5.74) is 1.14. The lowest BCUT2D eigenvalue weighted by atomic mass is 10.3. The van der Waals surface area contributed by atoms with Crippen molar-refractivity contribution in [3.05, 3.63) is 46.6 Å². The van der Waals surface area contributed by atoms with Crippen LogP contribution in [0.15, 0.2) is 44.5 Å². The van der Waals surface area contributed by atoms with Crippen LogP contribution in [0.1, 0.15) is 11.5 Å². The van der Waals surface area contributed by atoms with Crippen molar-refractivity contribution >= 4 is 27.8 Å². The van der Waals surface area contributed by atoms with Crippen LogP contribution in [-0.2, 0) is 24.8 Å². The number of hydrogen-bond donors (Lipinski definition) is 1. The van der Waals surface area contributed by atoms with Gasteiger partial charge in [0.05, 0.1) is 12.8 Å². The van der Waals surface area contributed by atoms with Gasteiger partial charge < -0.3 is 24.1 Å². The third kappa shape index (κ3) is 5.94. The lowest BCUT2D eigenvalue weighted by molar-refractivity contribution is -0.127. The van der Waals surface area contributed by atoms with E-state index in [1.54, 1.807) is 20.4 Å². The van der Waals surface area contributed by atoms with E-state index in [4.69, 9.17) is 4.42 Å². The summed E-state index contributed by atoms with van der Waals surface area (Å²) in [4.78, 5) is 19.9. The molecule has 7 nitrogen and oxygen atoms in total. The molecule has 1 amide bonds. The number of furan rings is 1. The molecule has 8 heteroatoms. The Balaban J connectivity index is 2.03. The van der Waals surface area contributed by atoms with E-state index in [9.17, 15) is 4.79 Å². The summed E-state index contributed by atoms with van der Waals surface area (Å²) in [5, 5.41) is 3.32.